The molecule has 0 aliphatic heterocycles. The van der Waals surface area contributed by atoms with Crippen molar-refractivity contribution in [2.45, 2.75) is 65.2 Å². The Kier molecular flexibility index (Phi) is 3.53. The first-order valence-electron chi connectivity index (χ1n) is 11.3. The minimum atomic E-state index is 0.296. The van der Waals surface area contributed by atoms with Crippen molar-refractivity contribution in [1.82, 2.24) is 14.6 Å². The Morgan fingerprint density at radius 3 is 2.89 bits per heavy atom. The lowest BCUT2D eigenvalue weighted by atomic mass is 9.47. The normalized spacial score (nSPS) is 39.7. The van der Waals surface area contributed by atoms with E-state index in [-0.39, 0.29) is 0 Å². The fourth-order valence-electron chi connectivity index (χ4n) is 7.74. The van der Waals surface area contributed by atoms with Gasteiger partial charge in [-0.15, -0.1) is 0 Å². The van der Waals surface area contributed by atoms with Gasteiger partial charge in [-0.2, -0.15) is 5.10 Å². The van der Waals surface area contributed by atoms with Crippen LogP contribution in [0.4, 0.5) is 0 Å². The zero-order chi connectivity index (χ0) is 18.9. The van der Waals surface area contributed by atoms with E-state index in [0.717, 1.165) is 17.8 Å². The second kappa shape index (κ2) is 5.81. The molecule has 6 rings (SSSR count). The van der Waals surface area contributed by atoms with Crippen LogP contribution in [0.25, 0.3) is 11.1 Å². The molecule has 2 aromatic rings. The van der Waals surface area contributed by atoms with Gasteiger partial charge in [-0.25, -0.2) is 9.50 Å². The third kappa shape index (κ3) is 2.11. The highest BCUT2D eigenvalue weighted by molar-refractivity contribution is 5.82. The molecular formula is C25H31N3. The van der Waals surface area contributed by atoms with Crippen molar-refractivity contribution < 1.29 is 0 Å². The number of hydrogen-bond acceptors (Lipinski definition) is 2. The van der Waals surface area contributed by atoms with Gasteiger partial charge in [0.1, 0.15) is 6.33 Å². The third-order valence-electron chi connectivity index (χ3n) is 9.22. The molecule has 2 saturated carbocycles. The lowest BCUT2D eigenvalue weighted by Crippen LogP contribution is -2.48. The third-order valence-corrected chi connectivity index (χ3v) is 9.22. The molecule has 0 bridgehead atoms. The molecule has 0 saturated heterocycles. The summed E-state index contributed by atoms with van der Waals surface area (Å²) in [7, 11) is 0. The summed E-state index contributed by atoms with van der Waals surface area (Å²) in [5, 5.41) is 4.58. The van der Waals surface area contributed by atoms with Crippen LogP contribution < -0.4 is 0 Å². The van der Waals surface area contributed by atoms with Crippen LogP contribution >= 0.6 is 0 Å². The molecule has 5 atom stereocenters. The number of allylic oxidation sites excluding steroid dienone is 4. The van der Waals surface area contributed by atoms with Crippen LogP contribution in [0.3, 0.4) is 0 Å². The Balaban J connectivity index is 1.38. The predicted molar refractivity (Wildman–Crippen MR) is 113 cm³/mol. The summed E-state index contributed by atoms with van der Waals surface area (Å²) in [6.45, 7) is 5.17. The summed E-state index contributed by atoms with van der Waals surface area (Å²) >= 11 is 0. The summed E-state index contributed by atoms with van der Waals surface area (Å²) in [5.41, 5.74) is 6.69. The van der Waals surface area contributed by atoms with Crippen LogP contribution in [0, 0.1) is 28.6 Å². The molecule has 146 valence electrons. The Labute approximate surface area is 167 Å². The molecule has 2 heterocycles. The van der Waals surface area contributed by atoms with Gasteiger partial charge >= 0.3 is 0 Å². The highest BCUT2D eigenvalue weighted by Crippen LogP contribution is 2.66. The first-order valence-corrected chi connectivity index (χ1v) is 11.3. The number of fused-ring (bicyclic) bond motifs is 6. The largest absolute Gasteiger partial charge is 0.245 e. The van der Waals surface area contributed by atoms with Gasteiger partial charge in [0.25, 0.3) is 0 Å². The average molecular weight is 374 g/mol. The quantitative estimate of drug-likeness (QED) is 0.567. The lowest BCUT2D eigenvalue weighted by Gasteiger charge is -2.57. The number of nitrogens with zero attached hydrogens (tertiary/aromatic N) is 3. The fraction of sp³-hybridized carbons (Fsp3) is 0.600. The van der Waals surface area contributed by atoms with E-state index < -0.39 is 0 Å². The van der Waals surface area contributed by atoms with Crippen LogP contribution in [0.15, 0.2) is 42.5 Å². The van der Waals surface area contributed by atoms with E-state index in [1.54, 1.807) is 5.57 Å². The van der Waals surface area contributed by atoms with Gasteiger partial charge in [-0.05, 0) is 85.2 Å². The maximum Gasteiger partial charge on any atom is 0.117 e. The van der Waals surface area contributed by atoms with Gasteiger partial charge in [0.2, 0.25) is 0 Å². The van der Waals surface area contributed by atoms with E-state index in [9.17, 15) is 0 Å². The van der Waals surface area contributed by atoms with Crippen molar-refractivity contribution in [1.29, 1.82) is 0 Å². The first-order chi connectivity index (χ1) is 13.6. The Hall–Kier alpha value is -1.90. The number of rotatable bonds is 1. The van der Waals surface area contributed by atoms with E-state index in [1.165, 1.54) is 62.4 Å². The van der Waals surface area contributed by atoms with Gasteiger partial charge in [0, 0.05) is 11.8 Å². The maximum absolute atomic E-state index is 4.58. The van der Waals surface area contributed by atoms with E-state index in [0.29, 0.717) is 10.8 Å². The summed E-state index contributed by atoms with van der Waals surface area (Å²) in [4.78, 5) is 4.23. The Morgan fingerprint density at radius 1 is 1.04 bits per heavy atom. The molecule has 0 radical (unpaired) electrons. The maximum atomic E-state index is 4.58. The predicted octanol–water partition coefficient (Wildman–Crippen LogP) is 6.08. The van der Waals surface area contributed by atoms with E-state index in [2.05, 4.69) is 48.3 Å². The second-order valence-corrected chi connectivity index (χ2v) is 10.2. The van der Waals surface area contributed by atoms with Crippen LogP contribution in [0.5, 0.6) is 0 Å². The fourth-order valence-corrected chi connectivity index (χ4v) is 7.74. The first kappa shape index (κ1) is 17.0. The molecule has 0 aromatic carbocycles. The zero-order valence-corrected chi connectivity index (χ0v) is 17.2. The van der Waals surface area contributed by atoms with Crippen molar-refractivity contribution in [3.8, 4) is 0 Å². The SMILES string of the molecule is CC12CCC3C(CC=C4CCCC[C@@]43C)C1CC=C2c1cnn2cnccc12. The smallest absolute Gasteiger partial charge is 0.117 e. The van der Waals surface area contributed by atoms with Crippen molar-refractivity contribution in [2.24, 2.45) is 28.6 Å². The number of hydrogen-bond donors (Lipinski definition) is 0. The molecule has 0 N–H and O–H groups in total. The molecule has 4 aliphatic carbocycles. The summed E-state index contributed by atoms with van der Waals surface area (Å²) in [5.74, 6) is 2.53. The minimum absolute atomic E-state index is 0.296. The summed E-state index contributed by atoms with van der Waals surface area (Å²) in [6.07, 6.45) is 21.9. The second-order valence-electron chi connectivity index (χ2n) is 10.2. The van der Waals surface area contributed by atoms with E-state index in [4.69, 9.17) is 0 Å². The molecule has 4 aliphatic rings. The Morgan fingerprint density at radius 2 is 1.96 bits per heavy atom. The van der Waals surface area contributed by atoms with Crippen molar-refractivity contribution >= 4 is 11.1 Å². The van der Waals surface area contributed by atoms with Crippen molar-refractivity contribution in [2.75, 3.05) is 0 Å². The van der Waals surface area contributed by atoms with Gasteiger partial charge in [-0.1, -0.05) is 38.0 Å². The average Bonchev–Trinajstić information content (AvgIpc) is 3.28. The highest BCUT2D eigenvalue weighted by atomic mass is 15.2. The summed E-state index contributed by atoms with van der Waals surface area (Å²) in [6, 6.07) is 2.12. The van der Waals surface area contributed by atoms with Crippen LogP contribution in [0.1, 0.15) is 70.8 Å². The van der Waals surface area contributed by atoms with Gasteiger partial charge in [0.05, 0.1) is 11.7 Å². The topological polar surface area (TPSA) is 30.2 Å². The molecule has 3 heteroatoms. The highest BCUT2D eigenvalue weighted by Gasteiger charge is 2.56. The van der Waals surface area contributed by atoms with Crippen LogP contribution in [-0.2, 0) is 0 Å². The van der Waals surface area contributed by atoms with Gasteiger partial charge < -0.3 is 0 Å². The van der Waals surface area contributed by atoms with Gasteiger partial charge in [0.15, 0.2) is 0 Å². The molecule has 28 heavy (non-hydrogen) atoms. The number of aromatic nitrogens is 3. The van der Waals surface area contributed by atoms with Crippen molar-refractivity contribution in [3.05, 3.63) is 48.1 Å². The van der Waals surface area contributed by atoms with Crippen LogP contribution in [-0.4, -0.2) is 14.6 Å². The van der Waals surface area contributed by atoms with Gasteiger partial charge in [-0.3, -0.25) is 0 Å². The minimum Gasteiger partial charge on any atom is -0.245 e. The molecule has 4 unspecified atom stereocenters. The van der Waals surface area contributed by atoms with Crippen molar-refractivity contribution in [3.63, 3.8) is 0 Å². The molecule has 2 fully saturated rings. The summed E-state index contributed by atoms with van der Waals surface area (Å²) < 4.78 is 1.93. The molecule has 3 nitrogen and oxygen atoms in total. The molecule has 2 aromatic heterocycles. The van der Waals surface area contributed by atoms with E-state index in [1.807, 2.05) is 22.6 Å². The standard InChI is InChI=1S/C25H31N3/c1-24-12-4-3-5-17(24)6-7-18-20-8-9-21(25(20,2)13-10-22(18)24)19-15-27-28-16-26-14-11-23(19)28/h6,9,11,14-16,18,20,22H,3-5,7-8,10,12-13H2,1-2H3/t18?,20?,22?,24-,25?/m0/s1. The van der Waals surface area contributed by atoms with Crippen LogP contribution in [0.2, 0.25) is 0 Å². The lowest BCUT2D eigenvalue weighted by molar-refractivity contribution is -0.00977. The Bertz CT molecular complexity index is 998. The molecular weight excluding hydrogens is 342 g/mol. The monoisotopic (exact) mass is 373 g/mol. The molecule has 0 spiro atoms. The zero-order valence-electron chi connectivity index (χ0n) is 17.2. The van der Waals surface area contributed by atoms with E-state index >= 15 is 0 Å². The molecule has 0 amide bonds.